The summed E-state index contributed by atoms with van der Waals surface area (Å²) in [5, 5.41) is 7.35. The molecule has 0 aromatic rings. The van der Waals surface area contributed by atoms with Crippen LogP contribution in [0.3, 0.4) is 0 Å². The van der Waals surface area contributed by atoms with Crippen LogP contribution in [0.25, 0.3) is 0 Å². The van der Waals surface area contributed by atoms with Crippen LogP contribution in [0.15, 0.2) is 0 Å². The Morgan fingerprint density at radius 1 is 0.850 bits per heavy atom. The summed E-state index contributed by atoms with van der Waals surface area (Å²) in [6.07, 6.45) is 9.66. The first-order valence-electron chi connectivity index (χ1n) is 8.86. The van der Waals surface area contributed by atoms with Crippen LogP contribution in [0.1, 0.15) is 72.6 Å². The number of rotatable bonds is 5. The monoisotopic (exact) mass is 280 g/mol. The van der Waals surface area contributed by atoms with E-state index in [0.717, 1.165) is 12.0 Å². The smallest absolute Gasteiger partial charge is 0.0118 e. The molecule has 2 saturated heterocycles. The van der Waals surface area contributed by atoms with Gasteiger partial charge in [0.2, 0.25) is 0 Å². The summed E-state index contributed by atoms with van der Waals surface area (Å²) in [5.74, 6) is 0.867. The molecular formula is C18H36N2. The predicted octanol–water partition coefficient (Wildman–Crippen LogP) is 3.96. The SMILES string of the molecule is CC(C)(CCC(C)(C)C1CCCCN1)C1CCCNC1. The molecule has 0 bridgehead atoms. The van der Waals surface area contributed by atoms with E-state index < -0.39 is 0 Å². The van der Waals surface area contributed by atoms with E-state index in [4.69, 9.17) is 0 Å². The third-order valence-electron chi connectivity index (χ3n) is 6.07. The molecule has 118 valence electrons. The average Bonchev–Trinajstić information content (AvgIpc) is 2.47. The number of piperidine rings is 2. The highest BCUT2D eigenvalue weighted by molar-refractivity contribution is 4.90. The molecule has 0 aromatic carbocycles. The maximum atomic E-state index is 3.76. The molecule has 0 aromatic heterocycles. The standard InChI is InChI=1S/C18H36N2/c1-17(2,15-8-7-12-19-14-15)10-11-18(3,4)16-9-5-6-13-20-16/h15-16,19-20H,5-14H2,1-4H3. The molecule has 2 unspecified atom stereocenters. The van der Waals surface area contributed by atoms with E-state index in [1.54, 1.807) is 0 Å². The zero-order valence-corrected chi connectivity index (χ0v) is 14.2. The van der Waals surface area contributed by atoms with Crippen LogP contribution in [0.2, 0.25) is 0 Å². The average molecular weight is 280 g/mol. The fraction of sp³-hybridized carbons (Fsp3) is 1.00. The minimum absolute atomic E-state index is 0.444. The van der Waals surface area contributed by atoms with Crippen molar-refractivity contribution in [2.45, 2.75) is 78.7 Å². The maximum Gasteiger partial charge on any atom is 0.0118 e. The van der Waals surface area contributed by atoms with Gasteiger partial charge in [0.05, 0.1) is 0 Å². The van der Waals surface area contributed by atoms with E-state index in [1.807, 2.05) is 0 Å². The number of nitrogens with one attached hydrogen (secondary N) is 2. The predicted molar refractivity (Wildman–Crippen MR) is 88.0 cm³/mol. The zero-order chi connectivity index (χ0) is 14.6. The van der Waals surface area contributed by atoms with E-state index in [1.165, 1.54) is 64.6 Å². The van der Waals surface area contributed by atoms with Gasteiger partial charge in [0.25, 0.3) is 0 Å². The Kier molecular flexibility index (Phi) is 5.53. The summed E-state index contributed by atoms with van der Waals surface area (Å²) in [7, 11) is 0. The largest absolute Gasteiger partial charge is 0.316 e. The summed E-state index contributed by atoms with van der Waals surface area (Å²) < 4.78 is 0. The fourth-order valence-corrected chi connectivity index (χ4v) is 4.06. The van der Waals surface area contributed by atoms with E-state index in [2.05, 4.69) is 38.3 Å². The Morgan fingerprint density at radius 2 is 1.60 bits per heavy atom. The van der Waals surface area contributed by atoms with Crippen molar-refractivity contribution >= 4 is 0 Å². The van der Waals surface area contributed by atoms with Gasteiger partial charge in [-0.25, -0.2) is 0 Å². The van der Waals surface area contributed by atoms with Crippen molar-refractivity contribution in [3.05, 3.63) is 0 Å². The van der Waals surface area contributed by atoms with Gasteiger partial charge in [0.1, 0.15) is 0 Å². The summed E-state index contributed by atoms with van der Waals surface area (Å²) in [4.78, 5) is 0. The highest BCUT2D eigenvalue weighted by atomic mass is 14.9. The molecule has 2 nitrogen and oxygen atoms in total. The highest BCUT2D eigenvalue weighted by Gasteiger charge is 2.35. The molecular weight excluding hydrogens is 244 g/mol. The van der Waals surface area contributed by atoms with Crippen molar-refractivity contribution in [1.82, 2.24) is 10.6 Å². The number of hydrogen-bond acceptors (Lipinski definition) is 2. The van der Waals surface area contributed by atoms with Gasteiger partial charge in [-0.05, 0) is 74.9 Å². The molecule has 20 heavy (non-hydrogen) atoms. The lowest BCUT2D eigenvalue weighted by molar-refractivity contribution is 0.111. The van der Waals surface area contributed by atoms with Gasteiger partial charge in [-0.1, -0.05) is 34.1 Å². The molecule has 2 atom stereocenters. The molecule has 2 heteroatoms. The number of hydrogen-bond donors (Lipinski definition) is 2. The molecule has 2 N–H and O–H groups in total. The van der Waals surface area contributed by atoms with Gasteiger partial charge < -0.3 is 10.6 Å². The van der Waals surface area contributed by atoms with Crippen LogP contribution in [0.5, 0.6) is 0 Å². The molecule has 0 radical (unpaired) electrons. The molecule has 2 aliphatic rings. The first-order valence-corrected chi connectivity index (χ1v) is 8.86. The Morgan fingerprint density at radius 3 is 2.20 bits per heavy atom. The Balaban J connectivity index is 1.85. The van der Waals surface area contributed by atoms with E-state index in [-0.39, 0.29) is 0 Å². The van der Waals surface area contributed by atoms with E-state index in [0.29, 0.717) is 10.8 Å². The van der Waals surface area contributed by atoms with Gasteiger partial charge in [0, 0.05) is 6.04 Å². The molecule has 0 spiro atoms. The molecule has 2 heterocycles. The van der Waals surface area contributed by atoms with Gasteiger partial charge in [-0.15, -0.1) is 0 Å². The van der Waals surface area contributed by atoms with Crippen LogP contribution in [-0.2, 0) is 0 Å². The van der Waals surface area contributed by atoms with Gasteiger partial charge in [-0.3, -0.25) is 0 Å². The lowest BCUT2D eigenvalue weighted by Gasteiger charge is -2.42. The quantitative estimate of drug-likeness (QED) is 0.796. The van der Waals surface area contributed by atoms with Crippen molar-refractivity contribution < 1.29 is 0 Å². The lowest BCUT2D eigenvalue weighted by Crippen LogP contribution is -2.46. The van der Waals surface area contributed by atoms with Gasteiger partial charge >= 0.3 is 0 Å². The highest BCUT2D eigenvalue weighted by Crippen LogP contribution is 2.41. The lowest BCUT2D eigenvalue weighted by atomic mass is 9.67. The summed E-state index contributed by atoms with van der Waals surface area (Å²) in [5.41, 5.74) is 0.930. The summed E-state index contributed by atoms with van der Waals surface area (Å²) in [6.45, 7) is 13.6. The van der Waals surface area contributed by atoms with Crippen LogP contribution in [0.4, 0.5) is 0 Å². The first kappa shape index (κ1) is 16.3. The summed E-state index contributed by atoms with van der Waals surface area (Å²) in [6, 6.07) is 0.733. The molecule has 0 saturated carbocycles. The van der Waals surface area contributed by atoms with Crippen molar-refractivity contribution in [1.29, 1.82) is 0 Å². The molecule has 2 rings (SSSR count). The van der Waals surface area contributed by atoms with Crippen molar-refractivity contribution in [2.24, 2.45) is 16.7 Å². The maximum absolute atomic E-state index is 3.76. The van der Waals surface area contributed by atoms with E-state index in [9.17, 15) is 0 Å². The fourth-order valence-electron chi connectivity index (χ4n) is 4.06. The second kappa shape index (κ2) is 6.79. The minimum atomic E-state index is 0.444. The summed E-state index contributed by atoms with van der Waals surface area (Å²) >= 11 is 0. The van der Waals surface area contributed by atoms with Crippen molar-refractivity contribution in [2.75, 3.05) is 19.6 Å². The van der Waals surface area contributed by atoms with Crippen LogP contribution < -0.4 is 10.6 Å². The zero-order valence-electron chi connectivity index (χ0n) is 14.2. The molecule has 0 amide bonds. The molecule has 0 aliphatic carbocycles. The van der Waals surface area contributed by atoms with Crippen molar-refractivity contribution in [3.63, 3.8) is 0 Å². The van der Waals surface area contributed by atoms with Crippen molar-refractivity contribution in [3.8, 4) is 0 Å². The third-order valence-corrected chi connectivity index (χ3v) is 6.07. The Bertz CT molecular complexity index is 254. The third kappa shape index (κ3) is 4.21. The Hall–Kier alpha value is -0.0800. The second-order valence-electron chi connectivity index (χ2n) is 8.52. The molecule has 2 fully saturated rings. The van der Waals surface area contributed by atoms with Crippen LogP contribution in [0, 0.1) is 16.7 Å². The normalized spacial score (nSPS) is 29.4. The second-order valence-corrected chi connectivity index (χ2v) is 8.52. The molecule has 2 aliphatic heterocycles. The first-order chi connectivity index (χ1) is 9.42. The Labute approximate surface area is 126 Å². The van der Waals surface area contributed by atoms with Gasteiger partial charge in [0.15, 0.2) is 0 Å². The van der Waals surface area contributed by atoms with Crippen LogP contribution >= 0.6 is 0 Å². The van der Waals surface area contributed by atoms with Crippen LogP contribution in [-0.4, -0.2) is 25.7 Å². The van der Waals surface area contributed by atoms with E-state index >= 15 is 0 Å². The van der Waals surface area contributed by atoms with Gasteiger partial charge in [-0.2, -0.15) is 0 Å². The minimum Gasteiger partial charge on any atom is -0.316 e. The topological polar surface area (TPSA) is 24.1 Å².